The highest BCUT2D eigenvalue weighted by atomic mass is 127. The predicted octanol–water partition coefficient (Wildman–Crippen LogP) is 6.01. The van der Waals surface area contributed by atoms with Gasteiger partial charge in [-0.3, -0.25) is 61.3 Å². The standard InChI is InChI=1S/C53H31I3N6O11/c54-34-16-9-28(10-17-34)40(43-46(64)57-58-47(43)65)27-7-4-26(5-8-27)6-23-39(63)73-53(71)37-25-32(42(30-13-20-36(56)21-14-30)45-50(68)61-62-51(45)69)15-22-38(37)72-52(70)33-3-1-2-31(24-33)41(29-11-18-35(55)19-12-29)44-48(66)59-60-49(44)67/h1-25H,(H,57,64)(H,58,65)(H,59,66)(H,60,67)(H,61,68)(H,62,69)/b23-6+. The number of hydrogen-bond donors (Lipinski definition) is 6. The van der Waals surface area contributed by atoms with E-state index in [0.717, 1.165) is 16.8 Å². The lowest BCUT2D eigenvalue weighted by Crippen LogP contribution is -2.28. The first-order chi connectivity index (χ1) is 35.1. The van der Waals surface area contributed by atoms with Crippen LogP contribution in [0.4, 0.5) is 0 Å². The molecule has 0 unspecified atom stereocenters. The topological polar surface area (TPSA) is 244 Å². The molecule has 0 spiro atoms. The fraction of sp³-hybridized carbons (Fsp3) is 0. The van der Waals surface area contributed by atoms with Crippen LogP contribution in [0, 0.1) is 10.7 Å². The zero-order chi connectivity index (χ0) is 51.5. The molecule has 0 radical (unpaired) electrons. The Bertz CT molecular complexity index is 3480. The van der Waals surface area contributed by atoms with E-state index in [-0.39, 0.29) is 44.7 Å². The molecule has 3 aliphatic heterocycles. The molecule has 3 saturated heterocycles. The van der Waals surface area contributed by atoms with Crippen molar-refractivity contribution in [3.05, 3.63) is 223 Å². The Balaban J connectivity index is 1.05. The Labute approximate surface area is 454 Å². The summed E-state index contributed by atoms with van der Waals surface area (Å²) in [6.07, 6.45) is 2.35. The molecule has 6 aromatic rings. The van der Waals surface area contributed by atoms with Crippen LogP contribution < -0.4 is 37.3 Å². The normalized spacial score (nSPS) is 14.0. The average molecular weight is 1310 g/mol. The molecule has 73 heavy (non-hydrogen) atoms. The molecule has 0 bridgehead atoms. The Morgan fingerprint density at radius 1 is 0.397 bits per heavy atom. The fourth-order valence-electron chi connectivity index (χ4n) is 7.92. The predicted molar refractivity (Wildman–Crippen MR) is 288 cm³/mol. The van der Waals surface area contributed by atoms with E-state index < -0.39 is 58.9 Å². The Kier molecular flexibility index (Phi) is 14.6. The summed E-state index contributed by atoms with van der Waals surface area (Å²) in [5.41, 5.74) is 16.4. The molecule has 9 rings (SSSR count). The minimum atomic E-state index is -1.28. The van der Waals surface area contributed by atoms with Gasteiger partial charge in [0.25, 0.3) is 35.4 Å². The number of carbonyl (C=O) groups is 9. The molecule has 0 aliphatic carbocycles. The molecular weight excluding hydrogens is 1280 g/mol. The maximum atomic E-state index is 14.2. The molecule has 6 aromatic carbocycles. The minimum absolute atomic E-state index is 0.0639. The van der Waals surface area contributed by atoms with E-state index >= 15 is 0 Å². The number of benzene rings is 6. The van der Waals surface area contributed by atoms with Crippen molar-refractivity contribution >= 4 is 144 Å². The molecular formula is C53H31I3N6O11. The summed E-state index contributed by atoms with van der Waals surface area (Å²) in [6, 6.07) is 37.5. The van der Waals surface area contributed by atoms with Gasteiger partial charge in [0.05, 0.1) is 5.56 Å². The summed E-state index contributed by atoms with van der Waals surface area (Å²) in [7, 11) is 0. The van der Waals surface area contributed by atoms with Crippen LogP contribution in [-0.4, -0.2) is 53.4 Å². The molecule has 20 heteroatoms. The molecule has 17 nitrogen and oxygen atoms in total. The summed E-state index contributed by atoms with van der Waals surface area (Å²) < 4.78 is 13.8. The highest BCUT2D eigenvalue weighted by molar-refractivity contribution is 14.1. The summed E-state index contributed by atoms with van der Waals surface area (Å²) in [6.45, 7) is 0. The molecule has 6 N–H and O–H groups in total. The minimum Gasteiger partial charge on any atom is -0.422 e. The van der Waals surface area contributed by atoms with Gasteiger partial charge in [-0.25, -0.2) is 14.4 Å². The van der Waals surface area contributed by atoms with Crippen molar-refractivity contribution in [2.45, 2.75) is 0 Å². The number of hydrazine groups is 3. The lowest BCUT2D eigenvalue weighted by Gasteiger charge is -2.15. The maximum Gasteiger partial charge on any atom is 0.349 e. The van der Waals surface area contributed by atoms with Crippen LogP contribution in [0.5, 0.6) is 5.75 Å². The van der Waals surface area contributed by atoms with Gasteiger partial charge in [-0.15, -0.1) is 0 Å². The number of halogens is 3. The first-order valence-corrected chi connectivity index (χ1v) is 24.7. The molecule has 6 amide bonds. The van der Waals surface area contributed by atoms with Gasteiger partial charge in [-0.1, -0.05) is 78.9 Å². The van der Waals surface area contributed by atoms with Gasteiger partial charge in [0.15, 0.2) is 0 Å². The highest BCUT2D eigenvalue weighted by Crippen LogP contribution is 2.35. The van der Waals surface area contributed by atoms with E-state index in [1.165, 1.54) is 42.5 Å². The number of ether oxygens (including phenoxy) is 2. The Morgan fingerprint density at radius 3 is 1.18 bits per heavy atom. The lowest BCUT2D eigenvalue weighted by molar-refractivity contribution is -0.132. The molecule has 0 atom stereocenters. The number of hydrogen-bond acceptors (Lipinski definition) is 11. The summed E-state index contributed by atoms with van der Waals surface area (Å²) >= 11 is 6.36. The van der Waals surface area contributed by atoms with Crippen LogP contribution in [0.15, 0.2) is 162 Å². The van der Waals surface area contributed by atoms with Crippen molar-refractivity contribution < 1.29 is 52.6 Å². The number of carbonyl (C=O) groups excluding carboxylic acids is 9. The first-order valence-electron chi connectivity index (χ1n) is 21.5. The molecule has 360 valence electrons. The van der Waals surface area contributed by atoms with Gasteiger partial charge in [0.2, 0.25) is 0 Å². The monoisotopic (exact) mass is 1310 g/mol. The maximum absolute atomic E-state index is 14.2. The third-order valence-electron chi connectivity index (χ3n) is 11.3. The van der Waals surface area contributed by atoms with E-state index in [9.17, 15) is 43.2 Å². The van der Waals surface area contributed by atoms with Crippen molar-refractivity contribution in [3.63, 3.8) is 0 Å². The zero-order valence-electron chi connectivity index (χ0n) is 37.1. The van der Waals surface area contributed by atoms with Crippen LogP contribution >= 0.6 is 67.8 Å². The van der Waals surface area contributed by atoms with Gasteiger partial charge in [-0.05, 0) is 173 Å². The van der Waals surface area contributed by atoms with E-state index in [0.29, 0.717) is 39.0 Å². The second-order valence-electron chi connectivity index (χ2n) is 15.8. The number of esters is 3. The zero-order valence-corrected chi connectivity index (χ0v) is 43.5. The lowest BCUT2D eigenvalue weighted by atomic mass is 9.91. The van der Waals surface area contributed by atoms with E-state index in [2.05, 4.69) is 100 Å². The number of nitrogens with one attached hydrogen (secondary N) is 6. The fourth-order valence-corrected chi connectivity index (χ4v) is 9.00. The second kappa shape index (κ2) is 21.3. The van der Waals surface area contributed by atoms with Crippen LogP contribution in [0.3, 0.4) is 0 Å². The second-order valence-corrected chi connectivity index (χ2v) is 19.6. The SMILES string of the molecule is O=C(/C=C/c1ccc(C(=C2C(=O)NNC2=O)c2ccc(I)cc2)cc1)OC(=O)c1cc(C(=C2C(=O)NNC2=O)c2ccc(I)cc2)ccc1OC(=O)c1cccc(C(=C2C(=O)NNC2=O)c2ccc(I)cc2)c1. The van der Waals surface area contributed by atoms with Gasteiger partial charge in [0, 0.05) is 33.5 Å². The quantitative estimate of drug-likeness (QED) is 0.0219. The van der Waals surface area contributed by atoms with Crippen LogP contribution in [0.25, 0.3) is 22.8 Å². The molecule has 3 fully saturated rings. The third kappa shape index (κ3) is 10.8. The Morgan fingerprint density at radius 2 is 0.753 bits per heavy atom. The molecule has 0 saturated carbocycles. The first kappa shape index (κ1) is 49.9. The van der Waals surface area contributed by atoms with Crippen LogP contribution in [-0.2, 0) is 38.3 Å². The molecule has 3 heterocycles. The van der Waals surface area contributed by atoms with E-state index in [1.807, 2.05) is 12.1 Å². The van der Waals surface area contributed by atoms with Crippen molar-refractivity contribution in [1.82, 2.24) is 32.6 Å². The van der Waals surface area contributed by atoms with E-state index in [1.54, 1.807) is 91.0 Å². The van der Waals surface area contributed by atoms with Gasteiger partial charge < -0.3 is 9.47 Å². The average Bonchev–Trinajstić information content (AvgIpc) is 4.02. The summed E-state index contributed by atoms with van der Waals surface area (Å²) in [4.78, 5) is 119. The summed E-state index contributed by atoms with van der Waals surface area (Å²) in [5.74, 6) is -7.85. The van der Waals surface area contributed by atoms with Crippen molar-refractivity contribution in [3.8, 4) is 5.75 Å². The van der Waals surface area contributed by atoms with Crippen molar-refractivity contribution in [2.24, 2.45) is 0 Å². The smallest absolute Gasteiger partial charge is 0.349 e. The van der Waals surface area contributed by atoms with Crippen LogP contribution in [0.2, 0.25) is 0 Å². The Hall–Kier alpha value is -8.10. The number of amides is 6. The van der Waals surface area contributed by atoms with Gasteiger partial charge in [-0.2, -0.15) is 0 Å². The van der Waals surface area contributed by atoms with Crippen LogP contribution in [0.1, 0.15) is 59.7 Å². The third-order valence-corrected chi connectivity index (χ3v) is 13.4. The van der Waals surface area contributed by atoms with E-state index in [4.69, 9.17) is 9.47 Å². The molecule has 3 aliphatic rings. The van der Waals surface area contributed by atoms with Crippen molar-refractivity contribution in [1.29, 1.82) is 0 Å². The number of rotatable bonds is 11. The largest absolute Gasteiger partial charge is 0.422 e. The summed E-state index contributed by atoms with van der Waals surface area (Å²) in [5, 5.41) is 0. The van der Waals surface area contributed by atoms with Crippen molar-refractivity contribution in [2.75, 3.05) is 0 Å². The van der Waals surface area contributed by atoms with Gasteiger partial charge in [0.1, 0.15) is 28.0 Å². The molecule has 0 aromatic heterocycles. The van der Waals surface area contributed by atoms with Gasteiger partial charge >= 0.3 is 17.9 Å². The highest BCUT2D eigenvalue weighted by Gasteiger charge is 2.34.